The molecule has 4 rings (SSSR count). The van der Waals surface area contributed by atoms with Crippen LogP contribution in [-0.4, -0.2) is 26.8 Å². The number of carbonyl (C=O) groups excluding carboxylic acids is 1. The van der Waals surface area contributed by atoms with Gasteiger partial charge in [-0.15, -0.1) is 11.7 Å². The van der Waals surface area contributed by atoms with Crippen molar-refractivity contribution in [1.29, 1.82) is 0 Å². The third-order valence-corrected chi connectivity index (χ3v) is 5.36. The van der Waals surface area contributed by atoms with E-state index in [1.807, 2.05) is 24.3 Å². The molecule has 1 amide bonds. The Morgan fingerprint density at radius 3 is 2.89 bits per heavy atom. The van der Waals surface area contributed by atoms with Gasteiger partial charge in [0.05, 0.1) is 4.92 Å². The second-order valence-electron chi connectivity index (χ2n) is 6.26. The quantitative estimate of drug-likeness (QED) is 0.468. The van der Waals surface area contributed by atoms with Crippen molar-refractivity contribution in [1.82, 2.24) is 10.3 Å². The zero-order chi connectivity index (χ0) is 19.7. The SMILES string of the molecule is C=CCSC1=NN2[C@@H](c3cccc([N+](=O)[O-])c3)Nc3ccccc3[C@H]2C(=O)N1. The Morgan fingerprint density at radius 1 is 1.29 bits per heavy atom. The van der Waals surface area contributed by atoms with Gasteiger partial charge < -0.3 is 10.6 Å². The van der Waals surface area contributed by atoms with Gasteiger partial charge in [0.15, 0.2) is 11.2 Å². The molecule has 0 saturated carbocycles. The molecule has 2 aromatic rings. The van der Waals surface area contributed by atoms with Crippen LogP contribution in [0.1, 0.15) is 23.3 Å². The zero-order valence-electron chi connectivity index (χ0n) is 14.7. The summed E-state index contributed by atoms with van der Waals surface area (Å²) in [5.74, 6) is 0.411. The van der Waals surface area contributed by atoms with E-state index in [9.17, 15) is 14.9 Å². The van der Waals surface area contributed by atoms with Gasteiger partial charge in [-0.1, -0.05) is 48.2 Å². The van der Waals surface area contributed by atoms with E-state index in [2.05, 4.69) is 22.3 Å². The first-order valence-corrected chi connectivity index (χ1v) is 9.58. The molecule has 2 atom stereocenters. The normalized spacial score (nSPS) is 20.2. The van der Waals surface area contributed by atoms with Crippen LogP contribution in [-0.2, 0) is 4.79 Å². The minimum Gasteiger partial charge on any atom is -0.360 e. The Hall–Kier alpha value is -3.33. The number of nitrogens with zero attached hydrogens (tertiary/aromatic N) is 3. The van der Waals surface area contributed by atoms with Gasteiger partial charge in [-0.25, -0.2) is 0 Å². The Kier molecular flexibility index (Phi) is 4.74. The van der Waals surface area contributed by atoms with Crippen LogP contribution in [0.5, 0.6) is 0 Å². The number of nitro groups is 1. The number of rotatable bonds is 4. The molecule has 9 heteroatoms. The Bertz CT molecular complexity index is 993. The maximum Gasteiger partial charge on any atom is 0.269 e. The number of thioether (sulfide) groups is 1. The maximum absolute atomic E-state index is 12.9. The summed E-state index contributed by atoms with van der Waals surface area (Å²) in [5.41, 5.74) is 2.24. The summed E-state index contributed by atoms with van der Waals surface area (Å²) in [6.07, 6.45) is 1.21. The van der Waals surface area contributed by atoms with Gasteiger partial charge in [0.2, 0.25) is 0 Å². The molecule has 0 bridgehead atoms. The van der Waals surface area contributed by atoms with Crippen LogP contribution in [0.3, 0.4) is 0 Å². The van der Waals surface area contributed by atoms with Crippen LogP contribution in [0.4, 0.5) is 11.4 Å². The molecule has 0 spiro atoms. The smallest absolute Gasteiger partial charge is 0.269 e. The molecule has 2 aliphatic rings. The highest BCUT2D eigenvalue weighted by atomic mass is 32.2. The number of carbonyl (C=O) groups is 1. The lowest BCUT2D eigenvalue weighted by Gasteiger charge is -2.43. The monoisotopic (exact) mass is 395 g/mol. The number of hydrogen-bond donors (Lipinski definition) is 2. The second kappa shape index (κ2) is 7.35. The van der Waals surface area contributed by atoms with Crippen molar-refractivity contribution in [2.45, 2.75) is 12.2 Å². The summed E-state index contributed by atoms with van der Waals surface area (Å²) in [6, 6.07) is 13.2. The summed E-state index contributed by atoms with van der Waals surface area (Å²) in [7, 11) is 0. The van der Waals surface area contributed by atoms with Gasteiger partial charge in [0.1, 0.15) is 6.17 Å². The number of nitro benzene ring substituents is 1. The fraction of sp³-hybridized carbons (Fsp3) is 0.158. The van der Waals surface area contributed by atoms with Gasteiger partial charge in [-0.05, 0) is 6.07 Å². The summed E-state index contributed by atoms with van der Waals surface area (Å²) >= 11 is 1.37. The van der Waals surface area contributed by atoms with Crippen molar-refractivity contribution < 1.29 is 9.72 Å². The predicted molar refractivity (Wildman–Crippen MR) is 109 cm³/mol. The lowest BCUT2D eigenvalue weighted by atomic mass is 9.97. The van der Waals surface area contributed by atoms with Crippen molar-refractivity contribution in [3.05, 3.63) is 82.4 Å². The van der Waals surface area contributed by atoms with E-state index in [1.165, 1.54) is 23.9 Å². The number of para-hydroxylation sites is 1. The van der Waals surface area contributed by atoms with Crippen LogP contribution in [0, 0.1) is 10.1 Å². The van der Waals surface area contributed by atoms with E-state index >= 15 is 0 Å². The minimum atomic E-state index is -0.630. The topological polar surface area (TPSA) is 99.9 Å². The van der Waals surface area contributed by atoms with Crippen LogP contribution < -0.4 is 10.6 Å². The Labute approximate surface area is 165 Å². The van der Waals surface area contributed by atoms with Crippen molar-refractivity contribution >= 4 is 34.2 Å². The molecule has 0 unspecified atom stereocenters. The van der Waals surface area contributed by atoms with Gasteiger partial charge >= 0.3 is 0 Å². The number of non-ortho nitro benzene ring substituents is 1. The van der Waals surface area contributed by atoms with Crippen molar-refractivity contribution in [3.8, 4) is 0 Å². The standard InChI is InChI=1S/C19H17N5O3S/c1-2-10-28-19-21-18(25)16-14-8-3-4-9-15(14)20-17(23(16)22-19)12-6-5-7-13(11-12)24(26)27/h2-9,11,16-17,20H,1,10H2,(H,21,22,25)/t16-,17-/m0/s1. The Morgan fingerprint density at radius 2 is 2.11 bits per heavy atom. The van der Waals surface area contributed by atoms with Gasteiger partial charge in [0.25, 0.3) is 11.6 Å². The highest BCUT2D eigenvalue weighted by Crippen LogP contribution is 2.42. The zero-order valence-corrected chi connectivity index (χ0v) is 15.6. The predicted octanol–water partition coefficient (Wildman–Crippen LogP) is 3.38. The van der Waals surface area contributed by atoms with Crippen molar-refractivity contribution in [3.63, 3.8) is 0 Å². The molecule has 28 heavy (non-hydrogen) atoms. The summed E-state index contributed by atoms with van der Waals surface area (Å²) < 4.78 is 0. The fourth-order valence-electron chi connectivity index (χ4n) is 3.30. The molecule has 0 fully saturated rings. The van der Waals surface area contributed by atoms with E-state index in [4.69, 9.17) is 0 Å². The molecule has 0 radical (unpaired) electrons. The van der Waals surface area contributed by atoms with E-state index in [0.29, 0.717) is 16.5 Å². The summed E-state index contributed by atoms with van der Waals surface area (Å²) in [5, 5.41) is 24.2. The largest absolute Gasteiger partial charge is 0.360 e. The highest BCUT2D eigenvalue weighted by molar-refractivity contribution is 8.14. The number of fused-ring (bicyclic) bond motifs is 3. The molecule has 2 heterocycles. The van der Waals surface area contributed by atoms with Crippen LogP contribution in [0.2, 0.25) is 0 Å². The number of nitrogens with one attached hydrogen (secondary N) is 2. The molecule has 2 N–H and O–H groups in total. The van der Waals surface area contributed by atoms with Crippen LogP contribution in [0.15, 0.2) is 66.3 Å². The maximum atomic E-state index is 12.9. The first-order chi connectivity index (χ1) is 13.6. The lowest BCUT2D eigenvalue weighted by molar-refractivity contribution is -0.384. The number of hydrogen-bond acceptors (Lipinski definition) is 7. The fourth-order valence-corrected chi connectivity index (χ4v) is 3.90. The van der Waals surface area contributed by atoms with Gasteiger partial charge in [0, 0.05) is 34.7 Å². The van der Waals surface area contributed by atoms with E-state index < -0.39 is 17.1 Å². The number of amides is 1. The summed E-state index contributed by atoms with van der Waals surface area (Å²) in [6.45, 7) is 3.69. The third kappa shape index (κ3) is 3.20. The van der Waals surface area contributed by atoms with E-state index in [1.54, 1.807) is 23.2 Å². The molecule has 2 aromatic carbocycles. The first kappa shape index (κ1) is 18.1. The molecule has 8 nitrogen and oxygen atoms in total. The molecule has 0 aromatic heterocycles. The summed E-state index contributed by atoms with van der Waals surface area (Å²) in [4.78, 5) is 23.7. The van der Waals surface area contributed by atoms with Crippen LogP contribution >= 0.6 is 11.8 Å². The average molecular weight is 395 g/mol. The van der Waals surface area contributed by atoms with E-state index in [-0.39, 0.29) is 11.6 Å². The Balaban J connectivity index is 1.81. The minimum absolute atomic E-state index is 0.0126. The number of hydrazone groups is 1. The first-order valence-electron chi connectivity index (χ1n) is 8.60. The number of anilines is 1. The van der Waals surface area contributed by atoms with E-state index in [0.717, 1.165) is 11.3 Å². The number of benzene rings is 2. The highest BCUT2D eigenvalue weighted by Gasteiger charge is 2.42. The molecule has 142 valence electrons. The van der Waals surface area contributed by atoms with Gasteiger partial charge in [-0.3, -0.25) is 19.9 Å². The average Bonchev–Trinajstić information content (AvgIpc) is 2.71. The van der Waals surface area contributed by atoms with Crippen LogP contribution in [0.25, 0.3) is 0 Å². The lowest BCUT2D eigenvalue weighted by Crippen LogP contribution is -2.50. The van der Waals surface area contributed by atoms with Crippen molar-refractivity contribution in [2.75, 3.05) is 11.1 Å². The molecular formula is C19H17N5O3S. The molecule has 0 saturated heterocycles. The molecule has 0 aliphatic carbocycles. The van der Waals surface area contributed by atoms with Gasteiger partial charge in [-0.2, -0.15) is 0 Å². The van der Waals surface area contributed by atoms with Crippen molar-refractivity contribution in [2.24, 2.45) is 5.10 Å². The third-order valence-electron chi connectivity index (χ3n) is 4.50. The number of amidine groups is 1. The molecule has 2 aliphatic heterocycles. The molecular weight excluding hydrogens is 378 g/mol. The second-order valence-corrected chi connectivity index (χ2v) is 7.27.